The van der Waals surface area contributed by atoms with Crippen LogP contribution in [-0.2, 0) is 6.42 Å². The number of aromatic nitrogens is 1. The molecule has 0 radical (unpaired) electrons. The summed E-state index contributed by atoms with van der Waals surface area (Å²) in [4.78, 5) is 19.3. The summed E-state index contributed by atoms with van der Waals surface area (Å²) in [5.41, 5.74) is 3.36. The van der Waals surface area contributed by atoms with Crippen molar-refractivity contribution in [1.82, 2.24) is 9.88 Å². The van der Waals surface area contributed by atoms with E-state index in [4.69, 9.17) is 0 Å². The van der Waals surface area contributed by atoms with Crippen molar-refractivity contribution in [2.45, 2.75) is 13.3 Å². The minimum atomic E-state index is -0.0892. The van der Waals surface area contributed by atoms with Crippen molar-refractivity contribution in [2.24, 2.45) is 0 Å². The standard InChI is InChI=1S/C21H22N2O2/c1-16-10-11-18-8-5-9-19(20(18)22-16)21(25)23(14-15-24)13-12-17-6-3-2-4-7-17/h2-11,24H,12-15H2,1H3. The Hall–Kier alpha value is -2.72. The monoisotopic (exact) mass is 334 g/mol. The number of para-hydroxylation sites is 1. The average molecular weight is 334 g/mol. The molecule has 0 aliphatic rings. The van der Waals surface area contributed by atoms with Crippen LogP contribution in [0.2, 0.25) is 0 Å². The van der Waals surface area contributed by atoms with Gasteiger partial charge in [0.15, 0.2) is 0 Å². The molecule has 25 heavy (non-hydrogen) atoms. The van der Waals surface area contributed by atoms with Crippen LogP contribution in [0.1, 0.15) is 21.6 Å². The lowest BCUT2D eigenvalue weighted by molar-refractivity contribution is 0.0725. The lowest BCUT2D eigenvalue weighted by atomic mass is 10.1. The molecule has 0 saturated heterocycles. The predicted octanol–water partition coefficient (Wildman–Crippen LogP) is 3.22. The van der Waals surface area contributed by atoms with E-state index >= 15 is 0 Å². The van der Waals surface area contributed by atoms with Gasteiger partial charge in [-0.05, 0) is 31.0 Å². The molecule has 2 aromatic carbocycles. The molecule has 0 aliphatic carbocycles. The Morgan fingerprint density at radius 1 is 1.00 bits per heavy atom. The number of benzene rings is 2. The Morgan fingerprint density at radius 3 is 2.56 bits per heavy atom. The first kappa shape index (κ1) is 17.1. The molecule has 0 unspecified atom stereocenters. The topological polar surface area (TPSA) is 53.4 Å². The van der Waals surface area contributed by atoms with Crippen molar-refractivity contribution >= 4 is 16.8 Å². The molecule has 1 amide bonds. The number of aliphatic hydroxyl groups is 1. The summed E-state index contributed by atoms with van der Waals surface area (Å²) in [6, 6.07) is 19.6. The number of carbonyl (C=O) groups excluding carboxylic acids is 1. The van der Waals surface area contributed by atoms with Gasteiger partial charge in [0, 0.05) is 24.2 Å². The van der Waals surface area contributed by atoms with E-state index in [1.54, 1.807) is 4.90 Å². The maximum absolute atomic E-state index is 13.1. The third kappa shape index (κ3) is 4.03. The lowest BCUT2D eigenvalue weighted by Crippen LogP contribution is -2.35. The number of pyridine rings is 1. The lowest BCUT2D eigenvalue weighted by Gasteiger charge is -2.22. The largest absolute Gasteiger partial charge is 0.395 e. The summed E-state index contributed by atoms with van der Waals surface area (Å²) < 4.78 is 0. The molecule has 0 fully saturated rings. The maximum atomic E-state index is 13.1. The van der Waals surface area contributed by atoms with Crippen LogP contribution >= 0.6 is 0 Å². The highest BCUT2D eigenvalue weighted by atomic mass is 16.3. The van der Waals surface area contributed by atoms with E-state index in [0.717, 1.165) is 23.0 Å². The van der Waals surface area contributed by atoms with E-state index in [9.17, 15) is 9.90 Å². The molecule has 1 N–H and O–H groups in total. The van der Waals surface area contributed by atoms with Gasteiger partial charge in [0.2, 0.25) is 0 Å². The molecule has 1 heterocycles. The Bertz CT molecular complexity index is 862. The second-order valence-corrected chi connectivity index (χ2v) is 6.08. The van der Waals surface area contributed by atoms with Crippen molar-refractivity contribution in [2.75, 3.05) is 19.7 Å². The van der Waals surface area contributed by atoms with Gasteiger partial charge in [-0.3, -0.25) is 9.78 Å². The highest BCUT2D eigenvalue weighted by Crippen LogP contribution is 2.19. The molecular formula is C21H22N2O2. The van der Waals surface area contributed by atoms with Crippen LogP contribution in [0.15, 0.2) is 60.7 Å². The molecule has 3 rings (SSSR count). The summed E-state index contributed by atoms with van der Waals surface area (Å²) in [5, 5.41) is 10.3. The number of aryl methyl sites for hydroxylation is 1. The Balaban J connectivity index is 1.86. The minimum Gasteiger partial charge on any atom is -0.395 e. The van der Waals surface area contributed by atoms with Gasteiger partial charge in [-0.1, -0.05) is 48.5 Å². The van der Waals surface area contributed by atoms with E-state index in [2.05, 4.69) is 4.98 Å². The number of hydrogen-bond acceptors (Lipinski definition) is 3. The zero-order valence-corrected chi connectivity index (χ0v) is 14.4. The number of carbonyl (C=O) groups is 1. The van der Waals surface area contributed by atoms with E-state index in [1.807, 2.05) is 67.6 Å². The van der Waals surface area contributed by atoms with Gasteiger partial charge < -0.3 is 10.0 Å². The molecular weight excluding hydrogens is 312 g/mol. The molecule has 0 aliphatic heterocycles. The molecule has 0 saturated carbocycles. The van der Waals surface area contributed by atoms with Crippen molar-refractivity contribution in [1.29, 1.82) is 0 Å². The van der Waals surface area contributed by atoms with Gasteiger partial charge in [-0.15, -0.1) is 0 Å². The molecule has 128 valence electrons. The quantitative estimate of drug-likeness (QED) is 0.753. The SMILES string of the molecule is Cc1ccc2cccc(C(=O)N(CCO)CCc3ccccc3)c2n1. The summed E-state index contributed by atoms with van der Waals surface area (Å²) in [5.74, 6) is -0.0892. The first-order valence-electron chi connectivity index (χ1n) is 8.49. The smallest absolute Gasteiger partial charge is 0.256 e. The fraction of sp³-hybridized carbons (Fsp3) is 0.238. The number of nitrogens with zero attached hydrogens (tertiary/aromatic N) is 2. The van der Waals surface area contributed by atoms with Crippen molar-refractivity contribution in [3.05, 3.63) is 77.5 Å². The van der Waals surface area contributed by atoms with Gasteiger partial charge >= 0.3 is 0 Å². The van der Waals surface area contributed by atoms with E-state index in [-0.39, 0.29) is 12.5 Å². The number of rotatable bonds is 6. The maximum Gasteiger partial charge on any atom is 0.256 e. The number of fused-ring (bicyclic) bond motifs is 1. The zero-order valence-electron chi connectivity index (χ0n) is 14.4. The van der Waals surface area contributed by atoms with Crippen LogP contribution in [0, 0.1) is 6.92 Å². The van der Waals surface area contributed by atoms with Crippen LogP contribution < -0.4 is 0 Å². The molecule has 0 atom stereocenters. The first-order chi connectivity index (χ1) is 12.2. The van der Waals surface area contributed by atoms with E-state index < -0.39 is 0 Å². The van der Waals surface area contributed by atoms with Gasteiger partial charge in [0.05, 0.1) is 17.7 Å². The summed E-state index contributed by atoms with van der Waals surface area (Å²) in [6.07, 6.45) is 0.754. The highest BCUT2D eigenvalue weighted by molar-refractivity contribution is 6.05. The van der Waals surface area contributed by atoms with Crippen LogP contribution in [0.5, 0.6) is 0 Å². The summed E-state index contributed by atoms with van der Waals surface area (Å²) >= 11 is 0. The van der Waals surface area contributed by atoms with Gasteiger partial charge in [-0.2, -0.15) is 0 Å². The number of amides is 1. The molecule has 0 spiro atoms. The van der Waals surface area contributed by atoms with Crippen LogP contribution in [0.3, 0.4) is 0 Å². The minimum absolute atomic E-state index is 0.0578. The van der Waals surface area contributed by atoms with Crippen LogP contribution in [-0.4, -0.2) is 40.6 Å². The van der Waals surface area contributed by atoms with Crippen molar-refractivity contribution in [3.63, 3.8) is 0 Å². The molecule has 3 aromatic rings. The normalized spacial score (nSPS) is 10.8. The molecule has 4 heteroatoms. The Kier molecular flexibility index (Phi) is 5.41. The fourth-order valence-electron chi connectivity index (χ4n) is 2.93. The van der Waals surface area contributed by atoms with Gasteiger partial charge in [0.1, 0.15) is 0 Å². The van der Waals surface area contributed by atoms with Crippen LogP contribution in [0.4, 0.5) is 0 Å². The Morgan fingerprint density at radius 2 is 1.80 bits per heavy atom. The summed E-state index contributed by atoms with van der Waals surface area (Å²) in [6.45, 7) is 2.73. The summed E-state index contributed by atoms with van der Waals surface area (Å²) in [7, 11) is 0. The second-order valence-electron chi connectivity index (χ2n) is 6.08. The predicted molar refractivity (Wildman–Crippen MR) is 99.6 cm³/mol. The molecule has 4 nitrogen and oxygen atoms in total. The van der Waals surface area contributed by atoms with Crippen molar-refractivity contribution < 1.29 is 9.90 Å². The Labute approximate surface area is 147 Å². The van der Waals surface area contributed by atoms with Crippen molar-refractivity contribution in [3.8, 4) is 0 Å². The molecule has 0 bridgehead atoms. The van der Waals surface area contributed by atoms with Gasteiger partial charge in [-0.25, -0.2) is 0 Å². The number of aliphatic hydroxyl groups excluding tert-OH is 1. The number of hydrogen-bond donors (Lipinski definition) is 1. The third-order valence-electron chi connectivity index (χ3n) is 4.26. The zero-order chi connectivity index (χ0) is 17.6. The second kappa shape index (κ2) is 7.90. The fourth-order valence-corrected chi connectivity index (χ4v) is 2.93. The highest BCUT2D eigenvalue weighted by Gasteiger charge is 2.18. The first-order valence-corrected chi connectivity index (χ1v) is 8.49. The third-order valence-corrected chi connectivity index (χ3v) is 4.26. The molecule has 1 aromatic heterocycles. The van der Waals surface area contributed by atoms with Crippen LogP contribution in [0.25, 0.3) is 10.9 Å². The van der Waals surface area contributed by atoms with E-state index in [0.29, 0.717) is 18.7 Å². The van der Waals surface area contributed by atoms with E-state index in [1.165, 1.54) is 5.56 Å². The average Bonchev–Trinajstić information content (AvgIpc) is 2.65. The van der Waals surface area contributed by atoms with Gasteiger partial charge in [0.25, 0.3) is 5.91 Å².